The molecule has 0 aliphatic carbocycles. The highest BCUT2D eigenvalue weighted by Crippen LogP contribution is 2.18. The van der Waals surface area contributed by atoms with Gasteiger partial charge < -0.3 is 14.2 Å². The van der Waals surface area contributed by atoms with Crippen LogP contribution in [0.4, 0.5) is 0 Å². The molecule has 0 aromatic heterocycles. The highest BCUT2D eigenvalue weighted by Gasteiger charge is 2.19. The maximum atomic E-state index is 12.8. The first-order chi connectivity index (χ1) is 28.9. The Bertz CT molecular complexity index is 889. The Hall–Kier alpha value is -1.59. The molecule has 0 aliphatic heterocycles. The van der Waals surface area contributed by atoms with Gasteiger partial charge in [-0.2, -0.15) is 0 Å². The van der Waals surface area contributed by atoms with E-state index in [1.807, 2.05) is 0 Å². The minimum absolute atomic E-state index is 0.0630. The number of rotatable bonds is 48. The molecule has 59 heavy (non-hydrogen) atoms. The van der Waals surface area contributed by atoms with Crippen molar-refractivity contribution in [2.24, 2.45) is 5.92 Å². The zero-order chi connectivity index (χ0) is 43.1. The van der Waals surface area contributed by atoms with E-state index in [1.165, 1.54) is 193 Å². The normalized spacial score (nSPS) is 12.4. The van der Waals surface area contributed by atoms with Gasteiger partial charge in [-0.3, -0.25) is 14.4 Å². The molecule has 1 unspecified atom stereocenters. The van der Waals surface area contributed by atoms with Gasteiger partial charge in [0, 0.05) is 19.3 Å². The van der Waals surface area contributed by atoms with E-state index >= 15 is 0 Å². The number of hydrogen-bond acceptors (Lipinski definition) is 6. The first kappa shape index (κ1) is 57.4. The zero-order valence-electron chi connectivity index (χ0n) is 40.2. The second-order valence-corrected chi connectivity index (χ2v) is 18.4. The van der Waals surface area contributed by atoms with E-state index in [-0.39, 0.29) is 31.1 Å². The van der Waals surface area contributed by atoms with Crippen LogP contribution < -0.4 is 0 Å². The minimum Gasteiger partial charge on any atom is -0.462 e. The first-order valence-corrected chi connectivity index (χ1v) is 26.4. The quantitative estimate of drug-likeness (QED) is 0.0345. The largest absolute Gasteiger partial charge is 0.462 e. The lowest BCUT2D eigenvalue weighted by Gasteiger charge is -2.18. The molecule has 0 heterocycles. The molecule has 0 radical (unpaired) electrons. The Balaban J connectivity index is 4.31. The van der Waals surface area contributed by atoms with E-state index in [2.05, 4.69) is 27.7 Å². The summed E-state index contributed by atoms with van der Waals surface area (Å²) in [7, 11) is 0. The van der Waals surface area contributed by atoms with Gasteiger partial charge >= 0.3 is 17.9 Å². The number of esters is 3. The summed E-state index contributed by atoms with van der Waals surface area (Å²) >= 11 is 0. The van der Waals surface area contributed by atoms with Crippen LogP contribution >= 0.6 is 0 Å². The van der Waals surface area contributed by atoms with E-state index in [9.17, 15) is 14.4 Å². The Labute approximate surface area is 368 Å². The van der Waals surface area contributed by atoms with Crippen LogP contribution in [0.2, 0.25) is 0 Å². The van der Waals surface area contributed by atoms with Crippen molar-refractivity contribution >= 4 is 17.9 Å². The first-order valence-electron chi connectivity index (χ1n) is 26.4. The molecule has 0 fully saturated rings. The average Bonchev–Trinajstić information content (AvgIpc) is 3.23. The Morgan fingerprint density at radius 3 is 0.881 bits per heavy atom. The summed E-state index contributed by atoms with van der Waals surface area (Å²) in [5, 5.41) is 0. The van der Waals surface area contributed by atoms with Crippen LogP contribution in [0, 0.1) is 5.92 Å². The topological polar surface area (TPSA) is 78.9 Å². The highest BCUT2D eigenvalue weighted by atomic mass is 16.6. The van der Waals surface area contributed by atoms with E-state index in [0.717, 1.165) is 63.7 Å². The highest BCUT2D eigenvalue weighted by molar-refractivity contribution is 5.71. The molecule has 0 saturated heterocycles. The van der Waals surface area contributed by atoms with Gasteiger partial charge in [0.25, 0.3) is 0 Å². The third kappa shape index (κ3) is 45.8. The van der Waals surface area contributed by atoms with Crippen LogP contribution in [0.1, 0.15) is 297 Å². The minimum atomic E-state index is -0.761. The van der Waals surface area contributed by atoms with Crippen molar-refractivity contribution in [1.29, 1.82) is 0 Å². The van der Waals surface area contributed by atoms with Crippen molar-refractivity contribution in [2.45, 2.75) is 303 Å². The fraction of sp³-hybridized carbons (Fsp3) is 0.943. The molecule has 0 spiro atoms. The lowest BCUT2D eigenvalue weighted by atomic mass is 9.99. The molecule has 6 heteroatoms. The maximum Gasteiger partial charge on any atom is 0.306 e. The Morgan fingerprint density at radius 1 is 0.339 bits per heavy atom. The van der Waals surface area contributed by atoms with Gasteiger partial charge in [0.2, 0.25) is 0 Å². The molecular weight excluding hydrogens is 733 g/mol. The summed E-state index contributed by atoms with van der Waals surface area (Å²) in [4.78, 5) is 38.0. The van der Waals surface area contributed by atoms with Crippen LogP contribution in [0.15, 0.2) is 0 Å². The van der Waals surface area contributed by atoms with E-state index in [1.54, 1.807) is 0 Å². The predicted octanol–water partition coefficient (Wildman–Crippen LogP) is 17.1. The number of carbonyl (C=O) groups excluding carboxylic acids is 3. The molecule has 6 nitrogen and oxygen atoms in total. The van der Waals surface area contributed by atoms with Gasteiger partial charge in [-0.25, -0.2) is 0 Å². The standard InChI is InChI=1S/C53H102O6/c1-5-8-10-12-14-16-18-20-22-24-26-28-33-37-41-45-52(55)58-48-50(59-53(56)46-42-38-34-30-29-31-35-39-43-49(4)7-3)47-57-51(54)44-40-36-32-27-25-23-21-19-17-15-13-11-9-6-2/h49-50H,5-48H2,1-4H3/t49?,50-/m1/s1. The molecule has 0 bridgehead atoms. The maximum absolute atomic E-state index is 12.8. The summed E-state index contributed by atoms with van der Waals surface area (Å²) in [5.74, 6) is 0.000719. The van der Waals surface area contributed by atoms with Crippen molar-refractivity contribution in [3.05, 3.63) is 0 Å². The lowest BCUT2D eigenvalue weighted by molar-refractivity contribution is -0.167. The molecule has 2 atom stereocenters. The average molecular weight is 835 g/mol. The number of unbranched alkanes of at least 4 members (excludes halogenated alkanes) is 34. The summed E-state index contributed by atoms with van der Waals surface area (Å²) in [5.41, 5.74) is 0. The van der Waals surface area contributed by atoms with E-state index in [4.69, 9.17) is 14.2 Å². The van der Waals surface area contributed by atoms with Crippen molar-refractivity contribution in [1.82, 2.24) is 0 Å². The fourth-order valence-corrected chi connectivity index (χ4v) is 8.01. The van der Waals surface area contributed by atoms with Crippen LogP contribution in [0.5, 0.6) is 0 Å². The van der Waals surface area contributed by atoms with Crippen molar-refractivity contribution in [3.63, 3.8) is 0 Å². The van der Waals surface area contributed by atoms with Gasteiger partial charge in [0.15, 0.2) is 6.10 Å². The van der Waals surface area contributed by atoms with Gasteiger partial charge in [0.05, 0.1) is 0 Å². The monoisotopic (exact) mass is 835 g/mol. The van der Waals surface area contributed by atoms with Crippen LogP contribution in [0.25, 0.3) is 0 Å². The predicted molar refractivity (Wildman–Crippen MR) is 252 cm³/mol. The summed E-state index contributed by atoms with van der Waals surface area (Å²) in [6.45, 7) is 9.04. The van der Waals surface area contributed by atoms with Crippen molar-refractivity contribution in [2.75, 3.05) is 13.2 Å². The summed E-state index contributed by atoms with van der Waals surface area (Å²) in [6, 6.07) is 0. The second-order valence-electron chi connectivity index (χ2n) is 18.4. The van der Waals surface area contributed by atoms with Crippen molar-refractivity contribution in [3.8, 4) is 0 Å². The number of hydrogen-bond donors (Lipinski definition) is 0. The molecule has 0 saturated carbocycles. The van der Waals surface area contributed by atoms with Crippen LogP contribution in [-0.2, 0) is 28.6 Å². The lowest BCUT2D eigenvalue weighted by Crippen LogP contribution is -2.30. The Morgan fingerprint density at radius 2 is 0.593 bits per heavy atom. The smallest absolute Gasteiger partial charge is 0.306 e. The fourth-order valence-electron chi connectivity index (χ4n) is 8.01. The van der Waals surface area contributed by atoms with Gasteiger partial charge in [-0.15, -0.1) is 0 Å². The molecule has 0 N–H and O–H groups in total. The molecule has 0 amide bonds. The Kier molecular flexibility index (Phi) is 46.2. The van der Waals surface area contributed by atoms with Crippen LogP contribution in [-0.4, -0.2) is 37.2 Å². The van der Waals surface area contributed by atoms with E-state index < -0.39 is 6.10 Å². The summed E-state index contributed by atoms with van der Waals surface area (Å²) in [6.07, 6.45) is 49.4. The summed E-state index contributed by atoms with van der Waals surface area (Å²) < 4.78 is 16.8. The van der Waals surface area contributed by atoms with Crippen LogP contribution in [0.3, 0.4) is 0 Å². The van der Waals surface area contributed by atoms with Crippen molar-refractivity contribution < 1.29 is 28.6 Å². The zero-order valence-corrected chi connectivity index (χ0v) is 40.2. The molecule has 0 aromatic carbocycles. The SMILES string of the molecule is CCCCCCCCCCCCCCCCCC(=O)OC[C@@H](COC(=O)CCCCCCCCCCCCCCCC)OC(=O)CCCCCCCCCCC(C)CC. The molecule has 0 rings (SSSR count). The number of carbonyl (C=O) groups is 3. The van der Waals surface area contributed by atoms with E-state index in [0.29, 0.717) is 19.3 Å². The van der Waals surface area contributed by atoms with Gasteiger partial charge in [-0.1, -0.05) is 259 Å². The number of ether oxygens (including phenoxy) is 3. The molecule has 0 aliphatic rings. The van der Waals surface area contributed by atoms with Gasteiger partial charge in [0.1, 0.15) is 13.2 Å². The van der Waals surface area contributed by atoms with Gasteiger partial charge in [-0.05, 0) is 25.2 Å². The molecule has 350 valence electrons. The second kappa shape index (κ2) is 47.5. The third-order valence-electron chi connectivity index (χ3n) is 12.4. The molecular formula is C53H102O6. The third-order valence-corrected chi connectivity index (χ3v) is 12.4. The molecule has 0 aromatic rings.